The van der Waals surface area contributed by atoms with E-state index in [0.29, 0.717) is 11.4 Å². The number of amides is 1. The third-order valence-electron chi connectivity index (χ3n) is 4.15. The lowest BCUT2D eigenvalue weighted by molar-refractivity contribution is -0.142. The maximum Gasteiger partial charge on any atom is 0.326 e. The van der Waals surface area contributed by atoms with Gasteiger partial charge in [-0.3, -0.25) is 4.79 Å². The van der Waals surface area contributed by atoms with Crippen molar-refractivity contribution >= 4 is 23.5 Å². The molecular formula is C15H18ClN3O3. The van der Waals surface area contributed by atoms with Gasteiger partial charge >= 0.3 is 5.97 Å². The van der Waals surface area contributed by atoms with Crippen LogP contribution in [0.1, 0.15) is 30.9 Å². The number of benzene rings is 1. The molecule has 7 heteroatoms. The zero-order valence-electron chi connectivity index (χ0n) is 11.9. The van der Waals surface area contributed by atoms with Gasteiger partial charge in [-0.25, -0.2) is 15.6 Å². The summed E-state index contributed by atoms with van der Waals surface area (Å²) in [7, 11) is 0. The van der Waals surface area contributed by atoms with Crippen LogP contribution < -0.4 is 16.2 Å². The third kappa shape index (κ3) is 3.40. The quantitative estimate of drug-likeness (QED) is 0.654. The lowest BCUT2D eigenvalue weighted by atomic mass is 10.0. The molecule has 1 saturated carbocycles. The van der Waals surface area contributed by atoms with Crippen LogP contribution in [0.5, 0.6) is 0 Å². The Balaban J connectivity index is 1.58. The summed E-state index contributed by atoms with van der Waals surface area (Å²) in [5, 5.41) is 12.5. The largest absolute Gasteiger partial charge is 0.480 e. The van der Waals surface area contributed by atoms with Gasteiger partial charge in [-0.05, 0) is 42.9 Å². The smallest absolute Gasteiger partial charge is 0.326 e. The fourth-order valence-corrected chi connectivity index (χ4v) is 2.83. The molecule has 22 heavy (non-hydrogen) atoms. The van der Waals surface area contributed by atoms with Crippen LogP contribution in [0, 0.1) is 5.92 Å². The van der Waals surface area contributed by atoms with E-state index in [1.165, 1.54) is 0 Å². The molecule has 1 aromatic rings. The molecule has 3 unspecified atom stereocenters. The molecule has 3 rings (SSSR count). The molecule has 0 bridgehead atoms. The zero-order valence-corrected chi connectivity index (χ0v) is 12.6. The maximum atomic E-state index is 12.2. The lowest BCUT2D eigenvalue weighted by Crippen LogP contribution is -2.50. The summed E-state index contributed by atoms with van der Waals surface area (Å²) in [5.41, 5.74) is 7.04. The first-order valence-corrected chi connectivity index (χ1v) is 7.72. The highest BCUT2D eigenvalue weighted by Gasteiger charge is 2.39. The van der Waals surface area contributed by atoms with Gasteiger partial charge in [-0.2, -0.15) is 0 Å². The summed E-state index contributed by atoms with van der Waals surface area (Å²) in [6, 6.07) is 6.21. The summed E-state index contributed by atoms with van der Waals surface area (Å²) in [6.45, 7) is 0. The van der Waals surface area contributed by atoms with Crippen LogP contribution in [-0.4, -0.2) is 29.1 Å². The maximum absolute atomic E-state index is 12.2. The van der Waals surface area contributed by atoms with Gasteiger partial charge in [-0.1, -0.05) is 23.7 Å². The average Bonchev–Trinajstić information content (AvgIpc) is 3.21. The molecule has 1 aliphatic carbocycles. The van der Waals surface area contributed by atoms with Crippen LogP contribution in [0.4, 0.5) is 0 Å². The summed E-state index contributed by atoms with van der Waals surface area (Å²) < 4.78 is 0. The van der Waals surface area contributed by atoms with E-state index in [-0.39, 0.29) is 17.9 Å². The molecule has 1 saturated heterocycles. The van der Waals surface area contributed by atoms with E-state index in [1.807, 2.05) is 12.1 Å². The Hall–Kier alpha value is -1.63. The standard InChI is InChI=1S/C15H18ClN3O3/c16-10-5-3-8(4-6-10)11-7-12(19-18-11)14(20)17-13(15(21)22)9-1-2-9/h3-6,9,11-13,18-19H,1-2,7H2,(H,17,20)(H,21,22). The van der Waals surface area contributed by atoms with Gasteiger partial charge < -0.3 is 10.4 Å². The molecular weight excluding hydrogens is 306 g/mol. The van der Waals surface area contributed by atoms with Crippen LogP contribution in [0.15, 0.2) is 24.3 Å². The van der Waals surface area contributed by atoms with Crippen LogP contribution in [0.2, 0.25) is 5.02 Å². The van der Waals surface area contributed by atoms with Crippen LogP contribution >= 0.6 is 11.6 Å². The van der Waals surface area contributed by atoms with Crippen molar-refractivity contribution in [2.45, 2.75) is 37.4 Å². The molecule has 3 atom stereocenters. The van der Waals surface area contributed by atoms with E-state index in [2.05, 4.69) is 16.2 Å². The number of carbonyl (C=O) groups excluding carboxylic acids is 1. The second kappa shape index (κ2) is 6.24. The van der Waals surface area contributed by atoms with E-state index in [0.717, 1.165) is 18.4 Å². The van der Waals surface area contributed by atoms with Gasteiger partial charge in [0, 0.05) is 11.1 Å². The van der Waals surface area contributed by atoms with Gasteiger partial charge in [0.2, 0.25) is 5.91 Å². The summed E-state index contributed by atoms with van der Waals surface area (Å²) >= 11 is 5.86. The lowest BCUT2D eigenvalue weighted by Gasteiger charge is -2.16. The SMILES string of the molecule is O=C(NC(C(=O)O)C1CC1)C1CC(c2ccc(Cl)cc2)NN1. The van der Waals surface area contributed by atoms with Crippen molar-refractivity contribution in [3.8, 4) is 0 Å². The van der Waals surface area contributed by atoms with Crippen molar-refractivity contribution in [1.82, 2.24) is 16.2 Å². The molecule has 1 heterocycles. The second-order valence-corrected chi connectivity index (χ2v) is 6.28. The van der Waals surface area contributed by atoms with E-state index < -0.39 is 18.1 Å². The summed E-state index contributed by atoms with van der Waals surface area (Å²) in [6.07, 6.45) is 2.28. The highest BCUT2D eigenvalue weighted by molar-refractivity contribution is 6.30. The molecule has 0 radical (unpaired) electrons. The second-order valence-electron chi connectivity index (χ2n) is 5.84. The normalized spacial score (nSPS) is 25.7. The Bertz CT molecular complexity index is 574. The topological polar surface area (TPSA) is 90.5 Å². The number of carboxylic acid groups (broad SMARTS) is 1. The fourth-order valence-electron chi connectivity index (χ4n) is 2.71. The molecule has 1 aromatic carbocycles. The van der Waals surface area contributed by atoms with Gasteiger partial charge in [0.1, 0.15) is 12.1 Å². The van der Waals surface area contributed by atoms with Crippen molar-refractivity contribution in [2.75, 3.05) is 0 Å². The van der Waals surface area contributed by atoms with Gasteiger partial charge in [0.05, 0.1) is 0 Å². The zero-order chi connectivity index (χ0) is 15.7. The minimum Gasteiger partial charge on any atom is -0.480 e. The number of nitrogens with one attached hydrogen (secondary N) is 3. The van der Waals surface area contributed by atoms with Gasteiger partial charge in [-0.15, -0.1) is 0 Å². The van der Waals surface area contributed by atoms with Crippen molar-refractivity contribution in [2.24, 2.45) is 5.92 Å². The van der Waals surface area contributed by atoms with Crippen molar-refractivity contribution in [1.29, 1.82) is 0 Å². The van der Waals surface area contributed by atoms with E-state index in [1.54, 1.807) is 12.1 Å². The molecule has 0 spiro atoms. The van der Waals surface area contributed by atoms with E-state index in [9.17, 15) is 9.59 Å². The van der Waals surface area contributed by atoms with Gasteiger partial charge in [0.25, 0.3) is 0 Å². The Morgan fingerprint density at radius 3 is 2.50 bits per heavy atom. The first-order valence-electron chi connectivity index (χ1n) is 7.34. The number of aliphatic carboxylic acids is 1. The number of rotatable bonds is 5. The Morgan fingerprint density at radius 2 is 1.91 bits per heavy atom. The van der Waals surface area contributed by atoms with Crippen molar-refractivity contribution in [3.63, 3.8) is 0 Å². The molecule has 1 amide bonds. The molecule has 6 nitrogen and oxygen atoms in total. The third-order valence-corrected chi connectivity index (χ3v) is 4.40. The highest BCUT2D eigenvalue weighted by atomic mass is 35.5. The number of hydrogen-bond acceptors (Lipinski definition) is 4. The average molecular weight is 324 g/mol. The molecule has 2 aliphatic rings. The minimum absolute atomic E-state index is 0.00257. The number of hydrazine groups is 1. The van der Waals surface area contributed by atoms with E-state index in [4.69, 9.17) is 16.7 Å². The molecule has 118 valence electrons. The van der Waals surface area contributed by atoms with Crippen LogP contribution in [-0.2, 0) is 9.59 Å². The molecule has 1 aliphatic heterocycles. The predicted octanol–water partition coefficient (Wildman–Crippen LogP) is 1.23. The number of carbonyl (C=O) groups is 2. The first kappa shape index (κ1) is 15.3. The number of hydrogen-bond donors (Lipinski definition) is 4. The van der Waals surface area contributed by atoms with Crippen molar-refractivity contribution < 1.29 is 14.7 Å². The number of halogens is 1. The van der Waals surface area contributed by atoms with Crippen LogP contribution in [0.25, 0.3) is 0 Å². The minimum atomic E-state index is -0.962. The van der Waals surface area contributed by atoms with Crippen molar-refractivity contribution in [3.05, 3.63) is 34.9 Å². The Labute approximate surface area is 133 Å². The Morgan fingerprint density at radius 1 is 1.23 bits per heavy atom. The first-order chi connectivity index (χ1) is 10.5. The molecule has 4 N–H and O–H groups in total. The van der Waals surface area contributed by atoms with E-state index >= 15 is 0 Å². The fraction of sp³-hybridized carbons (Fsp3) is 0.467. The molecule has 2 fully saturated rings. The predicted molar refractivity (Wildman–Crippen MR) is 81.2 cm³/mol. The highest BCUT2D eigenvalue weighted by Crippen LogP contribution is 2.33. The molecule has 0 aromatic heterocycles. The Kier molecular flexibility index (Phi) is 4.33. The van der Waals surface area contributed by atoms with Crippen LogP contribution in [0.3, 0.4) is 0 Å². The van der Waals surface area contributed by atoms with Gasteiger partial charge in [0.15, 0.2) is 0 Å². The monoisotopic (exact) mass is 323 g/mol. The number of carboxylic acids is 1. The summed E-state index contributed by atoms with van der Waals surface area (Å²) in [4.78, 5) is 23.4. The summed E-state index contributed by atoms with van der Waals surface area (Å²) in [5.74, 6) is -1.16.